The lowest BCUT2D eigenvalue weighted by Crippen LogP contribution is -2.26. The second kappa shape index (κ2) is 5.41. The van der Waals surface area contributed by atoms with Gasteiger partial charge in [-0.25, -0.2) is 4.63 Å². The molecule has 0 amide bonds. The Kier molecular flexibility index (Phi) is 3.46. The second-order valence-electron chi connectivity index (χ2n) is 4.83. The molecule has 2 aromatic rings. The smallest absolute Gasteiger partial charge is 0.300 e. The SMILES string of the molecule is O=[N+]([O-])c1ccc(NCCN2CCCC2)c2nonc12. The van der Waals surface area contributed by atoms with E-state index < -0.39 is 4.92 Å². The molecule has 0 saturated carbocycles. The molecule has 0 radical (unpaired) electrons. The maximum atomic E-state index is 10.9. The van der Waals surface area contributed by atoms with Gasteiger partial charge in [0.25, 0.3) is 0 Å². The van der Waals surface area contributed by atoms with Gasteiger partial charge in [-0.1, -0.05) is 0 Å². The van der Waals surface area contributed by atoms with Crippen molar-refractivity contribution in [2.24, 2.45) is 0 Å². The summed E-state index contributed by atoms with van der Waals surface area (Å²) in [6, 6.07) is 3.07. The summed E-state index contributed by atoms with van der Waals surface area (Å²) in [6.07, 6.45) is 2.52. The van der Waals surface area contributed by atoms with Gasteiger partial charge in [-0.15, -0.1) is 0 Å². The standard InChI is InChI=1S/C12H15N5O3/c18-17(19)10-4-3-9(11-12(10)15-20-14-11)13-5-8-16-6-1-2-7-16/h3-4,13H,1-2,5-8H2. The van der Waals surface area contributed by atoms with Crippen LogP contribution in [-0.4, -0.2) is 46.3 Å². The van der Waals surface area contributed by atoms with Crippen molar-refractivity contribution in [2.45, 2.75) is 12.8 Å². The Labute approximate surface area is 114 Å². The summed E-state index contributed by atoms with van der Waals surface area (Å²) in [4.78, 5) is 12.8. The third kappa shape index (κ3) is 2.42. The molecule has 0 atom stereocenters. The number of rotatable bonds is 5. The van der Waals surface area contributed by atoms with Crippen molar-refractivity contribution in [1.29, 1.82) is 0 Å². The molecule has 1 fully saturated rings. The van der Waals surface area contributed by atoms with Crippen LogP contribution in [0.5, 0.6) is 0 Å². The number of benzene rings is 1. The fourth-order valence-corrected chi connectivity index (χ4v) is 2.50. The van der Waals surface area contributed by atoms with Crippen LogP contribution >= 0.6 is 0 Å². The summed E-state index contributed by atoms with van der Waals surface area (Å²) < 4.78 is 4.62. The van der Waals surface area contributed by atoms with Crippen LogP contribution < -0.4 is 5.32 Å². The fraction of sp³-hybridized carbons (Fsp3) is 0.500. The lowest BCUT2D eigenvalue weighted by Gasteiger charge is -2.15. The van der Waals surface area contributed by atoms with E-state index in [2.05, 4.69) is 25.2 Å². The van der Waals surface area contributed by atoms with Gasteiger partial charge in [-0.3, -0.25) is 10.1 Å². The molecule has 0 aliphatic carbocycles. The van der Waals surface area contributed by atoms with E-state index in [-0.39, 0.29) is 11.2 Å². The van der Waals surface area contributed by atoms with Crippen molar-refractivity contribution in [3.8, 4) is 0 Å². The molecule has 8 heteroatoms. The van der Waals surface area contributed by atoms with Crippen LogP contribution in [0.4, 0.5) is 11.4 Å². The average Bonchev–Trinajstić information content (AvgIpc) is 3.09. The monoisotopic (exact) mass is 277 g/mol. The van der Waals surface area contributed by atoms with Crippen molar-refractivity contribution >= 4 is 22.4 Å². The van der Waals surface area contributed by atoms with E-state index in [1.165, 1.54) is 18.9 Å². The molecule has 2 heterocycles. The zero-order valence-corrected chi connectivity index (χ0v) is 10.9. The first-order valence-corrected chi connectivity index (χ1v) is 6.61. The topological polar surface area (TPSA) is 97.3 Å². The number of anilines is 1. The lowest BCUT2D eigenvalue weighted by molar-refractivity contribution is -0.383. The van der Waals surface area contributed by atoms with Gasteiger partial charge < -0.3 is 10.2 Å². The molecule has 0 unspecified atom stereocenters. The molecule has 106 valence electrons. The van der Waals surface area contributed by atoms with E-state index in [9.17, 15) is 10.1 Å². The molecule has 1 aromatic heterocycles. The number of nitro groups is 1. The van der Waals surface area contributed by atoms with E-state index in [1.807, 2.05) is 0 Å². The quantitative estimate of drug-likeness (QED) is 0.655. The Bertz CT molecular complexity index is 621. The minimum Gasteiger partial charge on any atom is -0.382 e. The number of non-ortho nitro benzene ring substituents is 1. The van der Waals surface area contributed by atoms with E-state index in [0.717, 1.165) is 26.2 Å². The van der Waals surface area contributed by atoms with Crippen LogP contribution in [0.15, 0.2) is 16.8 Å². The minimum absolute atomic E-state index is 0.0913. The Morgan fingerprint density at radius 3 is 2.80 bits per heavy atom. The molecular weight excluding hydrogens is 262 g/mol. The summed E-state index contributed by atoms with van der Waals surface area (Å²) in [5, 5.41) is 21.5. The molecule has 1 saturated heterocycles. The second-order valence-corrected chi connectivity index (χ2v) is 4.83. The maximum absolute atomic E-state index is 10.9. The van der Waals surface area contributed by atoms with E-state index >= 15 is 0 Å². The van der Waals surface area contributed by atoms with Crippen molar-refractivity contribution < 1.29 is 9.55 Å². The van der Waals surface area contributed by atoms with Crippen LogP contribution in [-0.2, 0) is 0 Å². The third-order valence-corrected chi connectivity index (χ3v) is 3.53. The number of fused-ring (bicyclic) bond motifs is 1. The first-order valence-electron chi connectivity index (χ1n) is 6.61. The zero-order valence-electron chi connectivity index (χ0n) is 10.9. The maximum Gasteiger partial charge on any atom is 0.300 e. The number of nitrogens with one attached hydrogen (secondary N) is 1. The fourth-order valence-electron chi connectivity index (χ4n) is 2.50. The molecule has 1 aliphatic rings. The van der Waals surface area contributed by atoms with Crippen molar-refractivity contribution in [1.82, 2.24) is 15.2 Å². The average molecular weight is 277 g/mol. The van der Waals surface area contributed by atoms with E-state index in [1.54, 1.807) is 6.07 Å². The molecular formula is C12H15N5O3. The highest BCUT2D eigenvalue weighted by Crippen LogP contribution is 2.28. The van der Waals surface area contributed by atoms with Crippen LogP contribution in [0.1, 0.15) is 12.8 Å². The van der Waals surface area contributed by atoms with Gasteiger partial charge in [0.1, 0.15) is 0 Å². The molecule has 0 bridgehead atoms. The first-order chi connectivity index (χ1) is 9.75. The predicted octanol–water partition coefficient (Wildman–Crippen LogP) is 1.64. The van der Waals surface area contributed by atoms with Crippen molar-refractivity contribution in [3.63, 3.8) is 0 Å². The van der Waals surface area contributed by atoms with E-state index in [0.29, 0.717) is 11.2 Å². The molecule has 1 aromatic carbocycles. The van der Waals surface area contributed by atoms with E-state index in [4.69, 9.17) is 0 Å². The summed E-state index contributed by atoms with van der Waals surface area (Å²) >= 11 is 0. The molecule has 1 N–H and O–H groups in total. The number of aromatic nitrogens is 2. The van der Waals surface area contributed by atoms with Crippen molar-refractivity contribution in [2.75, 3.05) is 31.5 Å². The Morgan fingerprint density at radius 1 is 1.30 bits per heavy atom. The van der Waals surface area contributed by atoms with Gasteiger partial charge in [0.2, 0.25) is 5.52 Å². The number of nitrogens with zero attached hydrogens (tertiary/aromatic N) is 4. The van der Waals surface area contributed by atoms with Crippen LogP contribution in [0.2, 0.25) is 0 Å². The normalized spacial score (nSPS) is 15.8. The third-order valence-electron chi connectivity index (χ3n) is 3.53. The van der Waals surface area contributed by atoms with Crippen LogP contribution in [0.3, 0.4) is 0 Å². The predicted molar refractivity (Wildman–Crippen MR) is 72.6 cm³/mol. The van der Waals surface area contributed by atoms with Gasteiger partial charge in [-0.05, 0) is 42.3 Å². The molecule has 0 spiro atoms. The zero-order chi connectivity index (χ0) is 13.9. The van der Waals surface area contributed by atoms with Gasteiger partial charge in [-0.2, -0.15) is 0 Å². The summed E-state index contributed by atoms with van der Waals surface area (Å²) in [6.45, 7) is 4.00. The number of nitro benzene ring substituents is 1. The lowest BCUT2D eigenvalue weighted by atomic mass is 10.2. The number of likely N-dealkylation sites (tertiary alicyclic amines) is 1. The molecule has 3 rings (SSSR count). The summed E-state index contributed by atoms with van der Waals surface area (Å²) in [5.41, 5.74) is 1.21. The van der Waals surface area contributed by atoms with Crippen LogP contribution in [0, 0.1) is 10.1 Å². The minimum atomic E-state index is -0.486. The van der Waals surface area contributed by atoms with Gasteiger partial charge >= 0.3 is 5.69 Å². The summed E-state index contributed by atoms with van der Waals surface area (Å²) in [5.74, 6) is 0. The Morgan fingerprint density at radius 2 is 2.05 bits per heavy atom. The molecule has 1 aliphatic heterocycles. The molecule has 20 heavy (non-hydrogen) atoms. The van der Waals surface area contributed by atoms with Crippen molar-refractivity contribution in [3.05, 3.63) is 22.2 Å². The first kappa shape index (κ1) is 12.8. The number of hydrogen-bond donors (Lipinski definition) is 1. The highest BCUT2D eigenvalue weighted by Gasteiger charge is 2.19. The van der Waals surface area contributed by atoms with Gasteiger partial charge in [0, 0.05) is 19.2 Å². The molecule has 8 nitrogen and oxygen atoms in total. The number of hydrogen-bond acceptors (Lipinski definition) is 7. The highest BCUT2D eigenvalue weighted by molar-refractivity contribution is 5.93. The van der Waals surface area contributed by atoms with Gasteiger partial charge in [0.15, 0.2) is 5.52 Å². The summed E-state index contributed by atoms with van der Waals surface area (Å²) in [7, 11) is 0. The van der Waals surface area contributed by atoms with Crippen LogP contribution in [0.25, 0.3) is 11.0 Å². The largest absolute Gasteiger partial charge is 0.382 e. The Balaban J connectivity index is 1.73. The van der Waals surface area contributed by atoms with Gasteiger partial charge in [0.05, 0.1) is 10.6 Å². The Hall–Kier alpha value is -2.22. The highest BCUT2D eigenvalue weighted by atomic mass is 16.6.